The van der Waals surface area contributed by atoms with Crippen molar-refractivity contribution in [3.63, 3.8) is 0 Å². The molecule has 1 aliphatic heterocycles. The van der Waals surface area contributed by atoms with Gasteiger partial charge in [-0.15, -0.1) is 15.3 Å². The van der Waals surface area contributed by atoms with Crippen molar-refractivity contribution >= 4 is 5.91 Å². The van der Waals surface area contributed by atoms with Crippen LogP contribution in [0.3, 0.4) is 0 Å². The standard InChI is InChI=1S/C18H23N9O/c1-25-16(4-5-20-25)15-10-27(24-22-15)8-12-2-3-14(6-12)21-18(28)13-7-17-23-19-11-26(17)9-13/h4-5,10-14H,2-3,6-9H2,1H3,(H,21,28)/t12-,13?,14+/m1/s1. The molecule has 1 aliphatic carbocycles. The fourth-order valence-electron chi connectivity index (χ4n) is 4.37. The first-order valence-electron chi connectivity index (χ1n) is 9.71. The lowest BCUT2D eigenvalue weighted by Crippen LogP contribution is -2.38. The molecule has 1 saturated carbocycles. The van der Waals surface area contributed by atoms with Crippen LogP contribution in [0.25, 0.3) is 11.4 Å². The summed E-state index contributed by atoms with van der Waals surface area (Å²) >= 11 is 0. The number of aromatic nitrogens is 8. The molecule has 0 aromatic carbocycles. The highest BCUT2D eigenvalue weighted by atomic mass is 16.2. The highest BCUT2D eigenvalue weighted by molar-refractivity contribution is 5.79. The van der Waals surface area contributed by atoms with E-state index in [1.165, 1.54) is 0 Å². The van der Waals surface area contributed by atoms with Gasteiger partial charge in [0.2, 0.25) is 5.91 Å². The maximum absolute atomic E-state index is 12.6. The van der Waals surface area contributed by atoms with Crippen molar-refractivity contribution in [3.8, 4) is 11.4 Å². The smallest absolute Gasteiger partial charge is 0.225 e. The third-order valence-electron chi connectivity index (χ3n) is 5.87. The molecule has 1 amide bonds. The van der Waals surface area contributed by atoms with Gasteiger partial charge in [-0.2, -0.15) is 5.10 Å². The fraction of sp³-hybridized carbons (Fsp3) is 0.556. The van der Waals surface area contributed by atoms with Gasteiger partial charge in [0.05, 0.1) is 17.8 Å². The van der Waals surface area contributed by atoms with Crippen LogP contribution in [0.15, 0.2) is 24.8 Å². The Labute approximate surface area is 161 Å². The number of hydrogen-bond donors (Lipinski definition) is 1. The fourth-order valence-corrected chi connectivity index (χ4v) is 4.37. The normalized spacial score (nSPS) is 23.8. The number of nitrogens with zero attached hydrogens (tertiary/aromatic N) is 8. The molecule has 0 radical (unpaired) electrons. The summed E-state index contributed by atoms with van der Waals surface area (Å²) in [6, 6.07) is 2.17. The number of aryl methyl sites for hydroxylation is 1. The molecular formula is C18H23N9O. The van der Waals surface area contributed by atoms with E-state index in [4.69, 9.17) is 0 Å². The number of rotatable bonds is 5. The van der Waals surface area contributed by atoms with Gasteiger partial charge < -0.3 is 9.88 Å². The minimum absolute atomic E-state index is 0.0266. The first-order valence-corrected chi connectivity index (χ1v) is 9.71. The Kier molecular flexibility index (Phi) is 4.18. The molecule has 1 N–H and O–H groups in total. The molecule has 2 aliphatic rings. The summed E-state index contributed by atoms with van der Waals surface area (Å²) in [6.45, 7) is 1.50. The Balaban J connectivity index is 1.14. The predicted octanol–water partition coefficient (Wildman–Crippen LogP) is 0.427. The lowest BCUT2D eigenvalue weighted by molar-refractivity contribution is -0.125. The highest BCUT2D eigenvalue weighted by Gasteiger charge is 2.32. The van der Waals surface area contributed by atoms with Crippen molar-refractivity contribution in [2.75, 3.05) is 0 Å². The molecule has 3 aromatic heterocycles. The Morgan fingerprint density at radius 1 is 1.32 bits per heavy atom. The number of hydrogen-bond acceptors (Lipinski definition) is 6. The number of fused-ring (bicyclic) bond motifs is 1. The quantitative estimate of drug-likeness (QED) is 0.686. The second-order valence-corrected chi connectivity index (χ2v) is 7.85. The van der Waals surface area contributed by atoms with Gasteiger partial charge in [-0.25, -0.2) is 0 Å². The van der Waals surface area contributed by atoms with Crippen LogP contribution in [0.2, 0.25) is 0 Å². The van der Waals surface area contributed by atoms with E-state index in [1.54, 1.807) is 17.2 Å². The molecule has 4 heterocycles. The van der Waals surface area contributed by atoms with Gasteiger partial charge in [0, 0.05) is 38.8 Å². The minimum Gasteiger partial charge on any atom is -0.353 e. The van der Waals surface area contributed by atoms with Gasteiger partial charge in [-0.1, -0.05) is 5.21 Å². The molecule has 1 fully saturated rings. The summed E-state index contributed by atoms with van der Waals surface area (Å²) in [5.41, 5.74) is 1.78. The van der Waals surface area contributed by atoms with Crippen molar-refractivity contribution in [1.82, 2.24) is 44.9 Å². The zero-order chi connectivity index (χ0) is 19.1. The van der Waals surface area contributed by atoms with Crippen molar-refractivity contribution in [2.45, 2.75) is 44.8 Å². The predicted molar refractivity (Wildman–Crippen MR) is 98.7 cm³/mol. The number of carbonyl (C=O) groups excluding carboxylic acids is 1. The molecule has 146 valence electrons. The van der Waals surface area contributed by atoms with Gasteiger partial charge in [0.25, 0.3) is 0 Å². The van der Waals surface area contributed by atoms with Crippen LogP contribution in [0, 0.1) is 11.8 Å². The van der Waals surface area contributed by atoms with Crippen LogP contribution in [-0.4, -0.2) is 51.5 Å². The molecule has 1 unspecified atom stereocenters. The summed E-state index contributed by atoms with van der Waals surface area (Å²) in [5.74, 6) is 1.51. The van der Waals surface area contributed by atoms with E-state index in [2.05, 4.69) is 30.9 Å². The molecule has 0 saturated heterocycles. The summed E-state index contributed by atoms with van der Waals surface area (Å²) in [6.07, 6.45) is 9.18. The van der Waals surface area contributed by atoms with Crippen LogP contribution in [0.5, 0.6) is 0 Å². The monoisotopic (exact) mass is 381 g/mol. The number of carbonyl (C=O) groups is 1. The molecule has 5 rings (SSSR count). The Bertz CT molecular complexity index is 966. The second kappa shape index (κ2) is 6.84. The van der Waals surface area contributed by atoms with E-state index in [-0.39, 0.29) is 17.9 Å². The molecule has 0 bridgehead atoms. The molecular weight excluding hydrogens is 358 g/mol. The first-order chi connectivity index (χ1) is 13.7. The summed E-state index contributed by atoms with van der Waals surface area (Å²) in [4.78, 5) is 12.6. The van der Waals surface area contributed by atoms with E-state index in [1.807, 2.05) is 28.6 Å². The number of amides is 1. The zero-order valence-corrected chi connectivity index (χ0v) is 15.8. The van der Waals surface area contributed by atoms with Crippen LogP contribution in [0.1, 0.15) is 25.1 Å². The van der Waals surface area contributed by atoms with E-state index < -0.39 is 0 Å². The summed E-state index contributed by atoms with van der Waals surface area (Å²) in [7, 11) is 1.90. The minimum atomic E-state index is -0.0266. The molecule has 10 heteroatoms. The largest absolute Gasteiger partial charge is 0.353 e. The van der Waals surface area contributed by atoms with Crippen LogP contribution < -0.4 is 5.32 Å². The Morgan fingerprint density at radius 2 is 2.25 bits per heavy atom. The van der Waals surface area contributed by atoms with Gasteiger partial charge >= 0.3 is 0 Å². The van der Waals surface area contributed by atoms with E-state index in [0.29, 0.717) is 18.9 Å². The van der Waals surface area contributed by atoms with Crippen molar-refractivity contribution in [3.05, 3.63) is 30.6 Å². The second-order valence-electron chi connectivity index (χ2n) is 7.85. The van der Waals surface area contributed by atoms with Gasteiger partial charge in [-0.3, -0.25) is 14.2 Å². The average Bonchev–Trinajstić information content (AvgIpc) is 3.43. The lowest BCUT2D eigenvalue weighted by atomic mass is 10.1. The van der Waals surface area contributed by atoms with Crippen LogP contribution in [-0.2, 0) is 31.4 Å². The Morgan fingerprint density at radius 3 is 3.07 bits per heavy atom. The van der Waals surface area contributed by atoms with E-state index >= 15 is 0 Å². The van der Waals surface area contributed by atoms with Crippen LogP contribution >= 0.6 is 0 Å². The van der Waals surface area contributed by atoms with Gasteiger partial charge in [-0.05, 0) is 31.2 Å². The van der Waals surface area contributed by atoms with Gasteiger partial charge in [0.15, 0.2) is 0 Å². The van der Waals surface area contributed by atoms with Crippen molar-refractivity contribution in [1.29, 1.82) is 0 Å². The van der Waals surface area contributed by atoms with E-state index in [0.717, 1.165) is 43.0 Å². The third kappa shape index (κ3) is 3.19. The third-order valence-corrected chi connectivity index (χ3v) is 5.87. The highest BCUT2D eigenvalue weighted by Crippen LogP contribution is 2.28. The van der Waals surface area contributed by atoms with Crippen LogP contribution in [0.4, 0.5) is 0 Å². The van der Waals surface area contributed by atoms with Gasteiger partial charge in [0.1, 0.15) is 17.8 Å². The Hall–Kier alpha value is -3.04. The molecule has 3 aromatic rings. The maximum Gasteiger partial charge on any atom is 0.225 e. The summed E-state index contributed by atoms with van der Waals surface area (Å²) < 4.78 is 5.66. The van der Waals surface area contributed by atoms with Crippen molar-refractivity contribution in [2.24, 2.45) is 18.9 Å². The molecule has 3 atom stereocenters. The lowest BCUT2D eigenvalue weighted by Gasteiger charge is -2.16. The first kappa shape index (κ1) is 17.1. The van der Waals surface area contributed by atoms with E-state index in [9.17, 15) is 4.79 Å². The number of nitrogens with one attached hydrogen (secondary N) is 1. The zero-order valence-electron chi connectivity index (χ0n) is 15.8. The topological polar surface area (TPSA) is 108 Å². The molecule has 0 spiro atoms. The molecule has 28 heavy (non-hydrogen) atoms. The molecule has 10 nitrogen and oxygen atoms in total. The average molecular weight is 381 g/mol. The van der Waals surface area contributed by atoms with Crippen molar-refractivity contribution < 1.29 is 4.79 Å². The maximum atomic E-state index is 12.6. The SMILES string of the molecule is Cn1nccc1-c1cn(C[C@@H]2CC[C@H](NC(=O)C3Cc4nncn4C3)C2)nn1. The summed E-state index contributed by atoms with van der Waals surface area (Å²) in [5, 5.41) is 23.9.